The van der Waals surface area contributed by atoms with E-state index in [1.165, 1.54) is 5.56 Å². The maximum absolute atomic E-state index is 4.41. The molecule has 1 N–H and O–H groups in total. The quantitative estimate of drug-likeness (QED) is 0.769. The molecule has 0 aromatic carbocycles. The molecule has 0 aliphatic heterocycles. The molecule has 0 fully saturated rings. The summed E-state index contributed by atoms with van der Waals surface area (Å²) in [5, 5.41) is 3.29. The van der Waals surface area contributed by atoms with Gasteiger partial charge in [0.05, 0.1) is 0 Å². The van der Waals surface area contributed by atoms with Crippen LogP contribution in [0.5, 0.6) is 0 Å². The Balaban J connectivity index is 1.65. The lowest BCUT2D eigenvalue weighted by atomic mass is 10.2. The van der Waals surface area contributed by atoms with E-state index in [4.69, 9.17) is 0 Å². The van der Waals surface area contributed by atoms with E-state index in [0.717, 1.165) is 24.3 Å². The minimum Gasteiger partial charge on any atom is -0.370 e. The summed E-state index contributed by atoms with van der Waals surface area (Å²) in [6.07, 6.45) is 7.86. The van der Waals surface area contributed by atoms with E-state index >= 15 is 0 Å². The van der Waals surface area contributed by atoms with E-state index in [1.807, 2.05) is 24.3 Å². The topological polar surface area (TPSA) is 63.6 Å². The molecule has 0 spiro atoms. The first-order valence-corrected chi connectivity index (χ1v) is 6.12. The normalized spacial score (nSPS) is 10.5. The zero-order valence-electron chi connectivity index (χ0n) is 10.3. The molecule has 0 aliphatic carbocycles. The summed E-state index contributed by atoms with van der Waals surface area (Å²) in [6, 6.07) is 7.87. The maximum Gasteiger partial charge on any atom is 0.180 e. The molecule has 0 radical (unpaired) electrons. The van der Waals surface area contributed by atoms with Crippen molar-refractivity contribution in [2.75, 3.05) is 11.9 Å². The van der Waals surface area contributed by atoms with Crippen LogP contribution >= 0.6 is 0 Å². The van der Waals surface area contributed by atoms with E-state index < -0.39 is 0 Å². The van der Waals surface area contributed by atoms with Gasteiger partial charge in [0, 0.05) is 31.3 Å². The van der Waals surface area contributed by atoms with Crippen molar-refractivity contribution in [2.24, 2.45) is 0 Å². The van der Waals surface area contributed by atoms with Gasteiger partial charge in [0.2, 0.25) is 0 Å². The molecule has 0 atom stereocenters. The third-order valence-corrected chi connectivity index (χ3v) is 2.80. The van der Waals surface area contributed by atoms with Crippen molar-refractivity contribution >= 4 is 17.0 Å². The highest BCUT2D eigenvalue weighted by molar-refractivity contribution is 5.71. The Morgan fingerprint density at radius 1 is 0.895 bits per heavy atom. The second-order valence-corrected chi connectivity index (χ2v) is 4.13. The highest BCUT2D eigenvalue weighted by Gasteiger charge is 1.99. The Hall–Kier alpha value is -2.56. The summed E-state index contributed by atoms with van der Waals surface area (Å²) in [5.74, 6) is 0.821. The Morgan fingerprint density at radius 3 is 2.63 bits per heavy atom. The third kappa shape index (κ3) is 2.82. The van der Waals surface area contributed by atoms with Gasteiger partial charge in [0.25, 0.3) is 0 Å². The lowest BCUT2D eigenvalue weighted by Crippen LogP contribution is -2.06. The molecule has 0 unspecified atom stereocenters. The summed E-state index contributed by atoms with van der Waals surface area (Å²) in [7, 11) is 0. The van der Waals surface area contributed by atoms with E-state index in [0.29, 0.717) is 5.65 Å². The fourth-order valence-electron chi connectivity index (χ4n) is 1.84. The molecular weight excluding hydrogens is 238 g/mol. The van der Waals surface area contributed by atoms with Gasteiger partial charge in [-0.15, -0.1) is 0 Å². The van der Waals surface area contributed by atoms with E-state index in [1.54, 1.807) is 24.8 Å². The van der Waals surface area contributed by atoms with Crippen LogP contribution in [0.4, 0.5) is 5.82 Å². The van der Waals surface area contributed by atoms with Gasteiger partial charge in [-0.2, -0.15) is 0 Å². The zero-order chi connectivity index (χ0) is 12.9. The molecule has 0 saturated heterocycles. The van der Waals surface area contributed by atoms with Gasteiger partial charge in [-0.05, 0) is 36.2 Å². The van der Waals surface area contributed by atoms with Gasteiger partial charge >= 0.3 is 0 Å². The number of anilines is 1. The monoisotopic (exact) mass is 251 g/mol. The summed E-state index contributed by atoms with van der Waals surface area (Å²) < 4.78 is 0. The van der Waals surface area contributed by atoms with Crippen LogP contribution in [0, 0.1) is 0 Å². The third-order valence-electron chi connectivity index (χ3n) is 2.80. The van der Waals surface area contributed by atoms with Gasteiger partial charge in [-0.25, -0.2) is 9.97 Å². The summed E-state index contributed by atoms with van der Waals surface area (Å²) >= 11 is 0. The highest BCUT2D eigenvalue weighted by Crippen LogP contribution is 2.10. The van der Waals surface area contributed by atoms with Crippen LogP contribution in [0.25, 0.3) is 11.2 Å². The molecule has 3 aromatic rings. The molecule has 5 heteroatoms. The van der Waals surface area contributed by atoms with Crippen molar-refractivity contribution in [3.63, 3.8) is 0 Å². The molecule has 3 aromatic heterocycles. The van der Waals surface area contributed by atoms with E-state index in [9.17, 15) is 0 Å². The average molecular weight is 251 g/mol. The molecule has 5 nitrogen and oxygen atoms in total. The first-order chi connectivity index (χ1) is 9.42. The zero-order valence-corrected chi connectivity index (χ0v) is 10.3. The van der Waals surface area contributed by atoms with Crippen LogP contribution in [0.1, 0.15) is 5.56 Å². The molecule has 3 heterocycles. The van der Waals surface area contributed by atoms with Crippen molar-refractivity contribution < 1.29 is 0 Å². The van der Waals surface area contributed by atoms with Gasteiger partial charge in [-0.3, -0.25) is 9.97 Å². The van der Waals surface area contributed by atoms with Crippen LogP contribution in [-0.4, -0.2) is 26.5 Å². The molecule has 0 amide bonds. The first-order valence-electron chi connectivity index (χ1n) is 6.12. The Labute approximate surface area is 110 Å². The predicted molar refractivity (Wildman–Crippen MR) is 73.8 cm³/mol. The largest absolute Gasteiger partial charge is 0.370 e. The number of fused-ring (bicyclic) bond motifs is 1. The van der Waals surface area contributed by atoms with Crippen molar-refractivity contribution in [3.05, 3.63) is 54.6 Å². The highest BCUT2D eigenvalue weighted by atomic mass is 15.0. The molecular formula is C14H13N5. The Morgan fingerprint density at radius 2 is 1.74 bits per heavy atom. The number of aromatic nitrogens is 4. The van der Waals surface area contributed by atoms with Crippen LogP contribution < -0.4 is 5.32 Å². The number of nitrogens with zero attached hydrogens (tertiary/aromatic N) is 4. The molecule has 0 saturated carbocycles. The van der Waals surface area contributed by atoms with Crippen LogP contribution in [0.15, 0.2) is 49.1 Å². The predicted octanol–water partition coefficient (Wildman–Crippen LogP) is 2.07. The van der Waals surface area contributed by atoms with Gasteiger partial charge < -0.3 is 5.32 Å². The molecule has 94 valence electrons. The van der Waals surface area contributed by atoms with Crippen molar-refractivity contribution in [1.82, 2.24) is 19.9 Å². The number of nitrogens with one attached hydrogen (secondary N) is 1. The summed E-state index contributed by atoms with van der Waals surface area (Å²) in [4.78, 5) is 16.8. The Kier molecular flexibility index (Phi) is 3.27. The van der Waals surface area contributed by atoms with Crippen molar-refractivity contribution in [1.29, 1.82) is 0 Å². The fraction of sp³-hybridized carbons (Fsp3) is 0.143. The van der Waals surface area contributed by atoms with E-state index in [-0.39, 0.29) is 0 Å². The lowest BCUT2D eigenvalue weighted by molar-refractivity contribution is 1.00. The fourth-order valence-corrected chi connectivity index (χ4v) is 1.84. The van der Waals surface area contributed by atoms with Gasteiger partial charge in [0.1, 0.15) is 11.3 Å². The standard InChI is InChI=1S/C14H13N5/c1-2-13(19-14-12(1)16-9-10-18-14)17-8-5-11-3-6-15-7-4-11/h1-4,6-7,9-10H,5,8H2,(H,17,18,19). The lowest BCUT2D eigenvalue weighted by Gasteiger charge is -2.05. The minimum atomic E-state index is 0.663. The minimum absolute atomic E-state index is 0.663. The second kappa shape index (κ2) is 5.39. The summed E-state index contributed by atoms with van der Waals surface area (Å²) in [6.45, 7) is 0.822. The van der Waals surface area contributed by atoms with Crippen molar-refractivity contribution in [3.8, 4) is 0 Å². The first kappa shape index (κ1) is 11.5. The molecule has 3 rings (SSSR count). The average Bonchev–Trinajstić information content (AvgIpc) is 2.48. The molecule has 0 bridgehead atoms. The van der Waals surface area contributed by atoms with Crippen LogP contribution in [0.3, 0.4) is 0 Å². The van der Waals surface area contributed by atoms with Gasteiger partial charge in [-0.1, -0.05) is 0 Å². The number of hydrogen-bond donors (Lipinski definition) is 1. The second-order valence-electron chi connectivity index (χ2n) is 4.13. The molecule has 0 aliphatic rings. The smallest absolute Gasteiger partial charge is 0.180 e. The maximum atomic E-state index is 4.41. The number of hydrogen-bond acceptors (Lipinski definition) is 5. The van der Waals surface area contributed by atoms with Crippen molar-refractivity contribution in [2.45, 2.75) is 6.42 Å². The number of rotatable bonds is 4. The van der Waals surface area contributed by atoms with Gasteiger partial charge in [0.15, 0.2) is 5.65 Å². The van der Waals surface area contributed by atoms with E-state index in [2.05, 4.69) is 25.3 Å². The Bertz CT molecular complexity index is 669. The SMILES string of the molecule is c1cc(CCNc2ccc3nccnc3n2)ccn1. The van der Waals surface area contributed by atoms with Crippen LogP contribution in [0.2, 0.25) is 0 Å². The summed E-state index contributed by atoms with van der Waals surface area (Å²) in [5.41, 5.74) is 2.72. The van der Waals surface area contributed by atoms with Crippen LogP contribution in [-0.2, 0) is 6.42 Å². The molecule has 19 heavy (non-hydrogen) atoms. The number of pyridine rings is 2.